The van der Waals surface area contributed by atoms with Gasteiger partial charge in [-0.05, 0) is 32.8 Å². The van der Waals surface area contributed by atoms with Crippen LogP contribution >= 0.6 is 0 Å². The highest BCUT2D eigenvalue weighted by atomic mass is 16.5. The van der Waals surface area contributed by atoms with Crippen LogP contribution in [0.5, 0.6) is 5.75 Å². The molecular weight excluding hydrogens is 250 g/mol. The minimum Gasteiger partial charge on any atom is -0.487 e. The molecule has 0 spiro atoms. The first-order chi connectivity index (χ1) is 9.55. The average molecular weight is 273 g/mol. The van der Waals surface area contributed by atoms with Gasteiger partial charge in [0.2, 0.25) is 5.91 Å². The Balaban J connectivity index is 1.80. The summed E-state index contributed by atoms with van der Waals surface area (Å²) in [6.07, 6.45) is 5.28. The maximum absolute atomic E-state index is 12.4. The lowest BCUT2D eigenvalue weighted by atomic mass is 9.89. The number of ether oxygens (including phenoxy) is 1. The van der Waals surface area contributed by atoms with Crippen molar-refractivity contribution in [1.29, 1.82) is 0 Å². The first kappa shape index (κ1) is 13.5. The number of nitrogens with one attached hydrogen (secondary N) is 1. The average Bonchev–Trinajstić information content (AvgIpc) is 2.91. The Kier molecular flexibility index (Phi) is 3.45. The minimum absolute atomic E-state index is 0.0723. The summed E-state index contributed by atoms with van der Waals surface area (Å²) < 4.78 is 6.01. The van der Waals surface area contributed by atoms with Crippen LogP contribution in [0.1, 0.15) is 57.6 Å². The number of fused-ring (bicyclic) bond motifs is 1. The van der Waals surface area contributed by atoms with E-state index >= 15 is 0 Å². The summed E-state index contributed by atoms with van der Waals surface area (Å²) in [5, 5.41) is 3.25. The molecular formula is C17H23NO2. The smallest absolute Gasteiger partial charge is 0.223 e. The molecule has 3 heteroatoms. The molecule has 1 aliphatic heterocycles. The van der Waals surface area contributed by atoms with E-state index in [9.17, 15) is 4.79 Å². The number of hydrogen-bond donors (Lipinski definition) is 1. The second-order valence-corrected chi connectivity index (χ2v) is 6.65. The van der Waals surface area contributed by atoms with E-state index in [1.165, 1.54) is 12.8 Å². The summed E-state index contributed by atoms with van der Waals surface area (Å²) >= 11 is 0. The summed E-state index contributed by atoms with van der Waals surface area (Å²) in [5.41, 5.74) is 0.875. The third kappa shape index (κ3) is 2.67. The van der Waals surface area contributed by atoms with Crippen LogP contribution in [0.3, 0.4) is 0 Å². The number of amides is 1. The van der Waals surface area contributed by atoms with Gasteiger partial charge in [0.05, 0.1) is 6.04 Å². The van der Waals surface area contributed by atoms with E-state index in [1.807, 2.05) is 18.2 Å². The Hall–Kier alpha value is -1.51. The van der Waals surface area contributed by atoms with Crippen molar-refractivity contribution in [3.8, 4) is 5.75 Å². The Bertz CT molecular complexity index is 503. The van der Waals surface area contributed by atoms with Crippen LogP contribution in [0.15, 0.2) is 24.3 Å². The third-order valence-corrected chi connectivity index (χ3v) is 4.42. The topological polar surface area (TPSA) is 38.3 Å². The van der Waals surface area contributed by atoms with Crippen molar-refractivity contribution in [3.63, 3.8) is 0 Å². The van der Waals surface area contributed by atoms with Gasteiger partial charge in [-0.25, -0.2) is 0 Å². The van der Waals surface area contributed by atoms with Crippen LogP contribution in [-0.2, 0) is 4.79 Å². The fraction of sp³-hybridized carbons (Fsp3) is 0.588. The molecule has 3 rings (SSSR count). The first-order valence-corrected chi connectivity index (χ1v) is 7.63. The second-order valence-electron chi connectivity index (χ2n) is 6.65. The largest absolute Gasteiger partial charge is 0.487 e. The molecule has 0 aromatic heterocycles. The SMILES string of the molecule is CC1(C)CC(NC(=O)C2CCCC2)c2ccccc2O1. The Morgan fingerprint density at radius 2 is 1.95 bits per heavy atom. The highest BCUT2D eigenvalue weighted by molar-refractivity contribution is 5.79. The van der Waals surface area contributed by atoms with Crippen molar-refractivity contribution in [2.24, 2.45) is 5.92 Å². The maximum atomic E-state index is 12.4. The van der Waals surface area contributed by atoms with Crippen molar-refractivity contribution in [2.45, 2.75) is 57.6 Å². The molecule has 1 fully saturated rings. The van der Waals surface area contributed by atoms with E-state index in [-0.39, 0.29) is 23.5 Å². The molecule has 1 N–H and O–H groups in total. The van der Waals surface area contributed by atoms with Crippen molar-refractivity contribution < 1.29 is 9.53 Å². The fourth-order valence-corrected chi connectivity index (χ4v) is 3.41. The van der Waals surface area contributed by atoms with Gasteiger partial charge in [0.25, 0.3) is 0 Å². The normalized spacial score (nSPS) is 24.8. The van der Waals surface area contributed by atoms with Gasteiger partial charge in [-0.1, -0.05) is 31.0 Å². The van der Waals surface area contributed by atoms with Crippen LogP contribution in [0.4, 0.5) is 0 Å². The molecule has 108 valence electrons. The van der Waals surface area contributed by atoms with Crippen LogP contribution < -0.4 is 10.1 Å². The first-order valence-electron chi connectivity index (χ1n) is 7.63. The van der Waals surface area contributed by atoms with E-state index in [0.717, 1.165) is 30.6 Å². The molecule has 1 aromatic carbocycles. The van der Waals surface area contributed by atoms with Gasteiger partial charge in [0.1, 0.15) is 11.4 Å². The standard InChI is InChI=1S/C17H23NO2/c1-17(2)11-14(13-9-5-6-10-15(13)20-17)18-16(19)12-7-3-4-8-12/h5-6,9-10,12,14H,3-4,7-8,11H2,1-2H3,(H,18,19). The number of carbonyl (C=O) groups is 1. The lowest BCUT2D eigenvalue weighted by molar-refractivity contribution is -0.126. The van der Waals surface area contributed by atoms with E-state index in [2.05, 4.69) is 25.2 Å². The highest BCUT2D eigenvalue weighted by Crippen LogP contribution is 2.39. The maximum Gasteiger partial charge on any atom is 0.223 e. The molecule has 1 aromatic rings. The molecule has 1 unspecified atom stereocenters. The van der Waals surface area contributed by atoms with Crippen molar-refractivity contribution in [2.75, 3.05) is 0 Å². The van der Waals surface area contributed by atoms with E-state index in [1.54, 1.807) is 0 Å². The van der Waals surface area contributed by atoms with Crippen LogP contribution in [0, 0.1) is 5.92 Å². The predicted molar refractivity (Wildman–Crippen MR) is 78.6 cm³/mol. The summed E-state index contributed by atoms with van der Waals surface area (Å²) in [6, 6.07) is 8.11. The van der Waals surface area contributed by atoms with Gasteiger partial charge >= 0.3 is 0 Å². The quantitative estimate of drug-likeness (QED) is 0.894. The number of carbonyl (C=O) groups excluding carboxylic acids is 1. The zero-order chi connectivity index (χ0) is 14.2. The Morgan fingerprint density at radius 1 is 1.25 bits per heavy atom. The van der Waals surface area contributed by atoms with E-state index in [0.29, 0.717) is 0 Å². The third-order valence-electron chi connectivity index (χ3n) is 4.42. The zero-order valence-corrected chi connectivity index (χ0v) is 12.3. The molecule has 1 aliphatic carbocycles. The van der Waals surface area contributed by atoms with Crippen LogP contribution in [0.25, 0.3) is 0 Å². The molecule has 3 nitrogen and oxygen atoms in total. The highest BCUT2D eigenvalue weighted by Gasteiger charge is 2.35. The van der Waals surface area contributed by atoms with Crippen molar-refractivity contribution in [1.82, 2.24) is 5.32 Å². The van der Waals surface area contributed by atoms with Gasteiger partial charge in [0.15, 0.2) is 0 Å². The summed E-state index contributed by atoms with van der Waals surface area (Å²) in [7, 11) is 0. The van der Waals surface area contributed by atoms with E-state index < -0.39 is 0 Å². The summed E-state index contributed by atoms with van der Waals surface area (Å²) in [5.74, 6) is 1.34. The van der Waals surface area contributed by atoms with Crippen LogP contribution in [0.2, 0.25) is 0 Å². The predicted octanol–water partition coefficient (Wildman–Crippen LogP) is 3.60. The Morgan fingerprint density at radius 3 is 2.70 bits per heavy atom. The summed E-state index contributed by atoms with van der Waals surface area (Å²) in [6.45, 7) is 4.16. The minimum atomic E-state index is -0.234. The van der Waals surface area contributed by atoms with Crippen molar-refractivity contribution >= 4 is 5.91 Å². The fourth-order valence-electron chi connectivity index (χ4n) is 3.41. The molecule has 20 heavy (non-hydrogen) atoms. The monoisotopic (exact) mass is 273 g/mol. The number of benzene rings is 1. The van der Waals surface area contributed by atoms with Gasteiger partial charge in [-0.15, -0.1) is 0 Å². The number of para-hydroxylation sites is 1. The molecule has 0 saturated heterocycles. The molecule has 0 bridgehead atoms. The van der Waals surface area contributed by atoms with Crippen LogP contribution in [-0.4, -0.2) is 11.5 Å². The Labute approximate surface area is 120 Å². The van der Waals surface area contributed by atoms with Gasteiger partial charge in [0, 0.05) is 17.9 Å². The van der Waals surface area contributed by atoms with Gasteiger partial charge in [-0.3, -0.25) is 4.79 Å². The second kappa shape index (κ2) is 5.12. The molecule has 1 atom stereocenters. The van der Waals surface area contributed by atoms with Gasteiger partial charge < -0.3 is 10.1 Å². The lowest BCUT2D eigenvalue weighted by Gasteiger charge is -2.38. The molecule has 1 heterocycles. The lowest BCUT2D eigenvalue weighted by Crippen LogP contribution is -2.42. The molecule has 2 aliphatic rings. The molecule has 1 saturated carbocycles. The van der Waals surface area contributed by atoms with E-state index in [4.69, 9.17) is 4.74 Å². The number of rotatable bonds is 2. The molecule has 0 radical (unpaired) electrons. The van der Waals surface area contributed by atoms with Crippen molar-refractivity contribution in [3.05, 3.63) is 29.8 Å². The summed E-state index contributed by atoms with van der Waals surface area (Å²) in [4.78, 5) is 12.4. The molecule has 1 amide bonds. The number of hydrogen-bond acceptors (Lipinski definition) is 2. The zero-order valence-electron chi connectivity index (χ0n) is 12.3. The van der Waals surface area contributed by atoms with Gasteiger partial charge in [-0.2, -0.15) is 0 Å².